The number of carbonyl (C=O) groups excluding carboxylic acids is 1. The van der Waals surface area contributed by atoms with Gasteiger partial charge in [-0.1, -0.05) is 48.5 Å². The zero-order valence-electron chi connectivity index (χ0n) is 17.0. The summed E-state index contributed by atoms with van der Waals surface area (Å²) in [5, 5.41) is 7.41. The molecule has 0 atom stereocenters. The third-order valence-corrected chi connectivity index (χ3v) is 5.82. The number of aromatic nitrogens is 2. The van der Waals surface area contributed by atoms with Gasteiger partial charge in [0, 0.05) is 12.1 Å². The van der Waals surface area contributed by atoms with Crippen molar-refractivity contribution in [1.82, 2.24) is 14.7 Å². The molecule has 0 amide bonds. The first-order valence-corrected chi connectivity index (χ1v) is 10.7. The van der Waals surface area contributed by atoms with E-state index in [1.807, 2.05) is 66.7 Å². The van der Waals surface area contributed by atoms with Crippen LogP contribution in [-0.2, 0) is 0 Å². The number of ether oxygens (including phenoxy) is 1. The second kappa shape index (κ2) is 8.28. The first kappa shape index (κ1) is 18.8. The largest absolute Gasteiger partial charge is 0.476 e. The third kappa shape index (κ3) is 3.57. The van der Waals surface area contributed by atoms with E-state index in [4.69, 9.17) is 4.74 Å². The molecule has 30 heavy (non-hydrogen) atoms. The number of carbonyl (C=O) groups is 1. The number of fused-ring (bicyclic) bond motifs is 2. The van der Waals surface area contributed by atoms with E-state index in [0.29, 0.717) is 18.1 Å². The summed E-state index contributed by atoms with van der Waals surface area (Å²) < 4.78 is 7.50. The summed E-state index contributed by atoms with van der Waals surface area (Å²) in [6.07, 6.45) is 3.55. The molecule has 5 rings (SSSR count). The number of nitrogens with zero attached hydrogens (tertiary/aromatic N) is 3. The molecule has 0 radical (unpaired) electrons. The van der Waals surface area contributed by atoms with Crippen molar-refractivity contribution in [1.29, 1.82) is 0 Å². The summed E-state index contributed by atoms with van der Waals surface area (Å²) in [7, 11) is 0. The lowest BCUT2D eigenvalue weighted by Gasteiger charge is -2.13. The average Bonchev–Trinajstić information content (AvgIpc) is 3.44. The maximum atomic E-state index is 13.4. The molecule has 1 saturated heterocycles. The van der Waals surface area contributed by atoms with Crippen LogP contribution in [0.15, 0.2) is 66.7 Å². The molecule has 0 saturated carbocycles. The molecule has 1 aliphatic rings. The van der Waals surface area contributed by atoms with Gasteiger partial charge in [-0.3, -0.25) is 4.79 Å². The van der Waals surface area contributed by atoms with Gasteiger partial charge in [-0.05, 0) is 61.3 Å². The van der Waals surface area contributed by atoms with Crippen molar-refractivity contribution in [3.05, 3.63) is 72.3 Å². The van der Waals surface area contributed by atoms with Gasteiger partial charge in [0.05, 0.1) is 17.5 Å². The Balaban J connectivity index is 1.42. The van der Waals surface area contributed by atoms with Crippen molar-refractivity contribution in [2.45, 2.75) is 19.3 Å². The van der Waals surface area contributed by atoms with Crippen molar-refractivity contribution in [2.24, 2.45) is 0 Å². The summed E-state index contributed by atoms with van der Waals surface area (Å²) in [5.74, 6) is 0.385. The van der Waals surface area contributed by atoms with E-state index in [1.54, 1.807) is 0 Å². The highest BCUT2D eigenvalue weighted by Gasteiger charge is 2.19. The van der Waals surface area contributed by atoms with Gasteiger partial charge in [0.1, 0.15) is 0 Å². The van der Waals surface area contributed by atoms with Crippen LogP contribution in [0.4, 0.5) is 0 Å². The van der Waals surface area contributed by atoms with Crippen molar-refractivity contribution in [3.63, 3.8) is 0 Å². The Hall–Kier alpha value is -3.18. The second-order valence-corrected chi connectivity index (χ2v) is 7.82. The quantitative estimate of drug-likeness (QED) is 0.439. The van der Waals surface area contributed by atoms with Gasteiger partial charge in [-0.2, -0.15) is 4.68 Å². The van der Waals surface area contributed by atoms with E-state index in [0.717, 1.165) is 34.6 Å². The number of rotatable bonds is 6. The molecule has 2 heterocycles. The lowest BCUT2D eigenvalue weighted by atomic mass is 10.0. The first-order valence-electron chi connectivity index (χ1n) is 10.7. The monoisotopic (exact) mass is 399 g/mol. The Labute approximate surface area is 175 Å². The molecule has 0 spiro atoms. The topological polar surface area (TPSA) is 47.4 Å². The second-order valence-electron chi connectivity index (χ2n) is 7.82. The number of para-hydroxylation sites is 1. The van der Waals surface area contributed by atoms with Crippen LogP contribution in [0.2, 0.25) is 0 Å². The number of likely N-dealkylation sites (tertiary alicyclic amines) is 1. The number of benzene rings is 3. The van der Waals surface area contributed by atoms with Gasteiger partial charge in [-0.25, -0.2) is 0 Å². The van der Waals surface area contributed by atoms with E-state index < -0.39 is 0 Å². The van der Waals surface area contributed by atoms with E-state index in [9.17, 15) is 4.79 Å². The fourth-order valence-electron chi connectivity index (χ4n) is 4.29. The van der Waals surface area contributed by atoms with Crippen molar-refractivity contribution < 1.29 is 9.53 Å². The maximum absolute atomic E-state index is 13.4. The minimum atomic E-state index is -0.144. The predicted molar refractivity (Wildman–Crippen MR) is 119 cm³/mol. The zero-order chi connectivity index (χ0) is 20.3. The van der Waals surface area contributed by atoms with Crippen LogP contribution in [0.1, 0.15) is 29.6 Å². The van der Waals surface area contributed by atoms with Gasteiger partial charge >= 0.3 is 0 Å². The standard InChI is InChI=1S/C25H25N3O2/c29-25(21-13-7-10-19-9-1-2-11-20(19)21)28-23-14-4-3-12-22(23)24(26-28)30-18-8-17-27-15-5-6-16-27/h1-4,7,9-14H,5-6,8,15-18H2. The average molecular weight is 399 g/mol. The zero-order valence-corrected chi connectivity index (χ0v) is 17.0. The van der Waals surface area contributed by atoms with E-state index in [1.165, 1.54) is 30.6 Å². The molecule has 0 aliphatic carbocycles. The minimum Gasteiger partial charge on any atom is -0.476 e. The predicted octanol–water partition coefficient (Wildman–Crippen LogP) is 4.74. The summed E-state index contributed by atoms with van der Waals surface area (Å²) in [4.78, 5) is 15.9. The normalized spacial score (nSPS) is 14.5. The van der Waals surface area contributed by atoms with Gasteiger partial charge in [0.2, 0.25) is 5.88 Å². The van der Waals surface area contributed by atoms with Crippen LogP contribution < -0.4 is 4.74 Å². The molecule has 0 N–H and O–H groups in total. The van der Waals surface area contributed by atoms with Gasteiger partial charge in [0.15, 0.2) is 0 Å². The Morgan fingerprint density at radius 2 is 1.63 bits per heavy atom. The molecule has 5 heteroatoms. The fourth-order valence-corrected chi connectivity index (χ4v) is 4.29. The first-order chi connectivity index (χ1) is 14.8. The maximum Gasteiger partial charge on any atom is 0.279 e. The molecule has 1 aliphatic heterocycles. The van der Waals surface area contributed by atoms with E-state index in [-0.39, 0.29) is 5.91 Å². The third-order valence-electron chi connectivity index (χ3n) is 5.82. The number of hydrogen-bond acceptors (Lipinski definition) is 4. The Kier molecular flexibility index (Phi) is 5.20. The Bertz CT molecular complexity index is 1190. The highest BCUT2D eigenvalue weighted by atomic mass is 16.5. The lowest BCUT2D eigenvalue weighted by Crippen LogP contribution is -2.22. The SMILES string of the molecule is O=C(c1cccc2ccccc12)n1nc(OCCCN2CCCC2)c2ccccc21. The molecule has 3 aromatic carbocycles. The molecule has 5 nitrogen and oxygen atoms in total. The smallest absolute Gasteiger partial charge is 0.279 e. The van der Waals surface area contributed by atoms with Crippen LogP contribution in [0.5, 0.6) is 5.88 Å². The van der Waals surface area contributed by atoms with Crippen molar-refractivity contribution >= 4 is 27.6 Å². The molecule has 4 aromatic rings. The molecular weight excluding hydrogens is 374 g/mol. The van der Waals surface area contributed by atoms with Crippen LogP contribution >= 0.6 is 0 Å². The van der Waals surface area contributed by atoms with Crippen LogP contribution in [0.3, 0.4) is 0 Å². The summed E-state index contributed by atoms with van der Waals surface area (Å²) in [6.45, 7) is 4.03. The summed E-state index contributed by atoms with van der Waals surface area (Å²) >= 11 is 0. The number of hydrogen-bond donors (Lipinski definition) is 0. The van der Waals surface area contributed by atoms with Crippen molar-refractivity contribution in [2.75, 3.05) is 26.2 Å². The van der Waals surface area contributed by atoms with E-state index in [2.05, 4.69) is 10.00 Å². The van der Waals surface area contributed by atoms with Gasteiger partial charge < -0.3 is 9.64 Å². The summed E-state index contributed by atoms with van der Waals surface area (Å²) in [6, 6.07) is 21.5. The summed E-state index contributed by atoms with van der Waals surface area (Å²) in [5.41, 5.74) is 1.41. The highest BCUT2D eigenvalue weighted by molar-refractivity contribution is 6.10. The van der Waals surface area contributed by atoms with Crippen LogP contribution in [-0.4, -0.2) is 46.8 Å². The fraction of sp³-hybridized carbons (Fsp3) is 0.280. The Morgan fingerprint density at radius 1 is 0.900 bits per heavy atom. The molecule has 1 aromatic heterocycles. The van der Waals surface area contributed by atoms with Crippen LogP contribution in [0, 0.1) is 0 Å². The molecule has 152 valence electrons. The molecule has 1 fully saturated rings. The molecule has 0 bridgehead atoms. The van der Waals surface area contributed by atoms with Gasteiger partial charge in [-0.15, -0.1) is 5.10 Å². The van der Waals surface area contributed by atoms with Gasteiger partial charge in [0.25, 0.3) is 5.91 Å². The highest BCUT2D eigenvalue weighted by Crippen LogP contribution is 2.27. The van der Waals surface area contributed by atoms with Crippen molar-refractivity contribution in [3.8, 4) is 5.88 Å². The minimum absolute atomic E-state index is 0.144. The van der Waals surface area contributed by atoms with Crippen LogP contribution in [0.25, 0.3) is 21.7 Å². The molecule has 0 unspecified atom stereocenters. The molecular formula is C25H25N3O2. The lowest BCUT2D eigenvalue weighted by molar-refractivity contribution is 0.0949. The van der Waals surface area contributed by atoms with E-state index >= 15 is 0 Å². The Morgan fingerprint density at radius 3 is 2.50 bits per heavy atom.